The van der Waals surface area contributed by atoms with Crippen LogP contribution in [0.1, 0.15) is 46.5 Å². The van der Waals surface area contributed by atoms with Crippen molar-refractivity contribution in [2.45, 2.75) is 52.5 Å². The summed E-state index contributed by atoms with van der Waals surface area (Å²) < 4.78 is 26.3. The van der Waals surface area contributed by atoms with Gasteiger partial charge in [-0.2, -0.15) is 0 Å². The summed E-state index contributed by atoms with van der Waals surface area (Å²) in [5.41, 5.74) is 0. The molecule has 19 heavy (non-hydrogen) atoms. The van der Waals surface area contributed by atoms with Gasteiger partial charge in [-0.15, -0.1) is 0 Å². The van der Waals surface area contributed by atoms with Gasteiger partial charge in [-0.3, -0.25) is 4.79 Å². The van der Waals surface area contributed by atoms with E-state index in [1.807, 2.05) is 20.8 Å². The van der Waals surface area contributed by atoms with Crippen molar-refractivity contribution in [3.63, 3.8) is 0 Å². The maximum Gasteiger partial charge on any atom is 0.240 e. The van der Waals surface area contributed by atoms with Gasteiger partial charge in [0.15, 0.2) is 0 Å². The second-order valence-electron chi connectivity index (χ2n) is 5.65. The van der Waals surface area contributed by atoms with Crippen LogP contribution in [0.15, 0.2) is 0 Å². The first-order valence-corrected chi connectivity index (χ1v) is 8.79. The first-order valence-electron chi connectivity index (χ1n) is 7.14. The smallest absolute Gasteiger partial charge is 0.240 e. The Kier molecular flexibility index (Phi) is 6.26. The zero-order chi connectivity index (χ0) is 14.5. The molecule has 1 heterocycles. The quantitative estimate of drug-likeness (QED) is 0.769. The normalized spacial score (nSPS) is 18.0. The summed E-state index contributed by atoms with van der Waals surface area (Å²) in [4.78, 5) is 14.1. The third kappa shape index (κ3) is 5.48. The number of likely N-dealkylation sites (tertiary alicyclic amines) is 1. The summed E-state index contributed by atoms with van der Waals surface area (Å²) >= 11 is 0. The van der Waals surface area contributed by atoms with Crippen molar-refractivity contribution in [1.82, 2.24) is 9.62 Å². The second kappa shape index (κ2) is 7.24. The van der Waals surface area contributed by atoms with Crippen LogP contribution in [0, 0.1) is 5.92 Å². The minimum atomic E-state index is -3.35. The number of rotatable bonds is 7. The van der Waals surface area contributed by atoms with E-state index >= 15 is 0 Å². The molecule has 1 saturated heterocycles. The first kappa shape index (κ1) is 16.4. The summed E-state index contributed by atoms with van der Waals surface area (Å²) in [5.74, 6) is 0.293. The van der Waals surface area contributed by atoms with E-state index in [-0.39, 0.29) is 17.6 Å². The number of nitrogens with zero attached hydrogens (tertiary/aromatic N) is 1. The van der Waals surface area contributed by atoms with Crippen molar-refractivity contribution in [1.29, 1.82) is 0 Å². The molecule has 5 nitrogen and oxygen atoms in total. The average Bonchev–Trinajstić information content (AvgIpc) is 2.79. The van der Waals surface area contributed by atoms with Gasteiger partial charge < -0.3 is 4.90 Å². The SMILES string of the molecule is CCCS(=O)(=O)N[C@@H](CC(C)C)C(=O)N1CCCC1. The largest absolute Gasteiger partial charge is 0.341 e. The molecule has 0 spiro atoms. The van der Waals surface area contributed by atoms with Crippen molar-refractivity contribution < 1.29 is 13.2 Å². The summed E-state index contributed by atoms with van der Waals surface area (Å²) in [7, 11) is -3.35. The van der Waals surface area contributed by atoms with E-state index in [1.165, 1.54) is 0 Å². The Morgan fingerprint density at radius 2 is 1.84 bits per heavy atom. The Hall–Kier alpha value is -0.620. The fourth-order valence-electron chi connectivity index (χ4n) is 2.37. The molecule has 1 aliphatic rings. The lowest BCUT2D eigenvalue weighted by Crippen LogP contribution is -2.48. The lowest BCUT2D eigenvalue weighted by molar-refractivity contribution is -0.132. The third-order valence-electron chi connectivity index (χ3n) is 3.22. The molecule has 0 unspecified atom stereocenters. The maximum atomic E-state index is 12.4. The Labute approximate surface area is 116 Å². The zero-order valence-electron chi connectivity index (χ0n) is 12.2. The van der Waals surface area contributed by atoms with Crippen molar-refractivity contribution in [3.8, 4) is 0 Å². The van der Waals surface area contributed by atoms with E-state index in [1.54, 1.807) is 4.90 Å². The number of hydrogen-bond donors (Lipinski definition) is 1. The summed E-state index contributed by atoms with van der Waals surface area (Å²) in [6, 6.07) is -0.602. The Balaban J connectivity index is 2.73. The van der Waals surface area contributed by atoms with Gasteiger partial charge >= 0.3 is 0 Å². The van der Waals surface area contributed by atoms with Crippen LogP contribution >= 0.6 is 0 Å². The summed E-state index contributed by atoms with van der Waals surface area (Å²) in [6.07, 6.45) is 3.14. The number of hydrogen-bond acceptors (Lipinski definition) is 3. The van der Waals surface area contributed by atoms with Crippen LogP contribution in [-0.4, -0.2) is 44.1 Å². The van der Waals surface area contributed by atoms with Crippen LogP contribution in [0.2, 0.25) is 0 Å². The molecule has 0 aromatic heterocycles. The summed E-state index contributed by atoms with van der Waals surface area (Å²) in [5, 5.41) is 0. The van der Waals surface area contributed by atoms with Crippen LogP contribution in [0.5, 0.6) is 0 Å². The van der Waals surface area contributed by atoms with Crippen molar-refractivity contribution in [2.75, 3.05) is 18.8 Å². The fourth-order valence-corrected chi connectivity index (χ4v) is 3.66. The molecule has 0 radical (unpaired) electrons. The Bertz CT molecular complexity index is 387. The van der Waals surface area contributed by atoms with Crippen molar-refractivity contribution in [3.05, 3.63) is 0 Å². The van der Waals surface area contributed by atoms with Gasteiger partial charge in [0, 0.05) is 13.1 Å². The van der Waals surface area contributed by atoms with Gasteiger partial charge in [0.2, 0.25) is 15.9 Å². The highest BCUT2D eigenvalue weighted by molar-refractivity contribution is 7.89. The Morgan fingerprint density at radius 3 is 2.32 bits per heavy atom. The number of carbonyl (C=O) groups excluding carboxylic acids is 1. The molecule has 0 saturated carbocycles. The first-order chi connectivity index (χ1) is 8.85. The van der Waals surface area contributed by atoms with Crippen LogP contribution in [0.25, 0.3) is 0 Å². The lowest BCUT2D eigenvalue weighted by Gasteiger charge is -2.25. The molecule has 1 fully saturated rings. The molecular formula is C13H26N2O3S. The van der Waals surface area contributed by atoms with Gasteiger partial charge in [0.25, 0.3) is 0 Å². The molecule has 1 N–H and O–H groups in total. The van der Waals surface area contributed by atoms with Gasteiger partial charge in [-0.1, -0.05) is 20.8 Å². The molecule has 0 aromatic carbocycles. The molecule has 1 atom stereocenters. The molecule has 1 aliphatic heterocycles. The minimum absolute atomic E-state index is 0.0640. The molecule has 0 bridgehead atoms. The number of sulfonamides is 1. The maximum absolute atomic E-state index is 12.4. The fraction of sp³-hybridized carbons (Fsp3) is 0.923. The monoisotopic (exact) mass is 290 g/mol. The average molecular weight is 290 g/mol. The molecule has 112 valence electrons. The number of carbonyl (C=O) groups is 1. The third-order valence-corrected chi connectivity index (χ3v) is 4.81. The van der Waals surface area contributed by atoms with E-state index in [4.69, 9.17) is 0 Å². The standard InChI is InChI=1S/C13H26N2O3S/c1-4-9-19(17,18)14-12(10-11(2)3)13(16)15-7-5-6-8-15/h11-12,14H,4-10H2,1-3H3/t12-/m0/s1. The van der Waals surface area contributed by atoms with Gasteiger partial charge in [-0.05, 0) is 31.6 Å². The zero-order valence-corrected chi connectivity index (χ0v) is 13.0. The number of nitrogens with one attached hydrogen (secondary N) is 1. The molecule has 1 rings (SSSR count). The number of amides is 1. The van der Waals surface area contributed by atoms with Crippen LogP contribution in [0.4, 0.5) is 0 Å². The second-order valence-corrected chi connectivity index (χ2v) is 7.52. The van der Waals surface area contributed by atoms with E-state index in [2.05, 4.69) is 4.72 Å². The topological polar surface area (TPSA) is 66.5 Å². The highest BCUT2D eigenvalue weighted by Crippen LogP contribution is 2.14. The van der Waals surface area contributed by atoms with Crippen LogP contribution in [-0.2, 0) is 14.8 Å². The van der Waals surface area contributed by atoms with Crippen LogP contribution < -0.4 is 4.72 Å². The molecule has 0 aromatic rings. The van der Waals surface area contributed by atoms with Crippen molar-refractivity contribution >= 4 is 15.9 Å². The molecule has 6 heteroatoms. The van der Waals surface area contributed by atoms with E-state index < -0.39 is 16.1 Å². The van der Waals surface area contributed by atoms with Gasteiger partial charge in [0.05, 0.1) is 5.75 Å². The van der Waals surface area contributed by atoms with E-state index in [0.29, 0.717) is 12.8 Å². The highest BCUT2D eigenvalue weighted by atomic mass is 32.2. The molecular weight excluding hydrogens is 264 g/mol. The lowest BCUT2D eigenvalue weighted by atomic mass is 10.0. The Morgan fingerprint density at radius 1 is 1.26 bits per heavy atom. The highest BCUT2D eigenvalue weighted by Gasteiger charge is 2.29. The predicted molar refractivity (Wildman–Crippen MR) is 76.3 cm³/mol. The minimum Gasteiger partial charge on any atom is -0.341 e. The predicted octanol–water partition coefficient (Wildman–Crippen LogP) is 1.35. The van der Waals surface area contributed by atoms with E-state index in [0.717, 1.165) is 25.9 Å². The van der Waals surface area contributed by atoms with Crippen LogP contribution in [0.3, 0.4) is 0 Å². The molecule has 1 amide bonds. The van der Waals surface area contributed by atoms with Gasteiger partial charge in [0.1, 0.15) is 6.04 Å². The molecule has 0 aliphatic carbocycles. The summed E-state index contributed by atoms with van der Waals surface area (Å²) in [6.45, 7) is 7.32. The van der Waals surface area contributed by atoms with Crippen molar-refractivity contribution in [2.24, 2.45) is 5.92 Å². The van der Waals surface area contributed by atoms with E-state index in [9.17, 15) is 13.2 Å². The van der Waals surface area contributed by atoms with Gasteiger partial charge in [-0.25, -0.2) is 13.1 Å².